The van der Waals surface area contributed by atoms with E-state index in [1.165, 1.54) is 11.8 Å². The first-order chi connectivity index (χ1) is 9.77. The topological polar surface area (TPSA) is 33.2 Å². The second-order valence-corrected chi connectivity index (χ2v) is 6.05. The molecule has 0 amide bonds. The van der Waals surface area contributed by atoms with Gasteiger partial charge in [0.05, 0.1) is 5.03 Å². The van der Waals surface area contributed by atoms with Crippen LogP contribution < -0.4 is 0 Å². The summed E-state index contributed by atoms with van der Waals surface area (Å²) >= 11 is 7.01. The number of hydrogen-bond acceptors (Lipinski definition) is 4. The quantitative estimate of drug-likeness (QED) is 0.624. The maximum atomic E-state index is 12.3. The number of carbonyl (C=O) groups excluding carboxylic acids is 1. The highest BCUT2D eigenvalue weighted by Crippen LogP contribution is 2.31. The first-order valence-corrected chi connectivity index (χ1v) is 7.45. The van der Waals surface area contributed by atoms with Crippen LogP contribution in [0, 0.1) is 6.92 Å². The lowest BCUT2D eigenvalue weighted by atomic mass is 10.1. The van der Waals surface area contributed by atoms with Crippen molar-refractivity contribution in [2.24, 2.45) is 0 Å². The summed E-state index contributed by atoms with van der Waals surface area (Å²) < 4.78 is 37.0. The second kappa shape index (κ2) is 6.27. The largest absolute Gasteiger partial charge is 0.454 e. The number of ketones is 1. The molecule has 21 heavy (non-hydrogen) atoms. The van der Waals surface area contributed by atoms with Crippen LogP contribution in [0.4, 0.5) is 13.2 Å². The maximum absolute atomic E-state index is 12.3. The number of aromatic nitrogens is 1. The Morgan fingerprint density at radius 2 is 2.29 bits per heavy atom. The van der Waals surface area contributed by atoms with Crippen molar-refractivity contribution in [3.63, 3.8) is 0 Å². The fourth-order valence-corrected chi connectivity index (χ4v) is 3.13. The van der Waals surface area contributed by atoms with Gasteiger partial charge in [0.1, 0.15) is 5.15 Å². The molecule has 0 aromatic carbocycles. The van der Waals surface area contributed by atoms with Crippen molar-refractivity contribution in [3.8, 4) is 0 Å². The highest BCUT2D eigenvalue weighted by atomic mass is 35.5. The highest BCUT2D eigenvalue weighted by Gasteiger charge is 2.37. The fourth-order valence-electron chi connectivity index (χ4n) is 1.87. The van der Waals surface area contributed by atoms with E-state index in [9.17, 15) is 18.0 Å². The highest BCUT2D eigenvalue weighted by molar-refractivity contribution is 8.03. The molecule has 0 unspecified atom stereocenters. The molecule has 2 heterocycles. The van der Waals surface area contributed by atoms with Gasteiger partial charge in [-0.1, -0.05) is 11.6 Å². The molecule has 2 rings (SSSR count). The first-order valence-electron chi connectivity index (χ1n) is 6.09. The van der Waals surface area contributed by atoms with Crippen LogP contribution in [-0.4, -0.2) is 34.1 Å². The van der Waals surface area contributed by atoms with Gasteiger partial charge >= 0.3 is 6.18 Å². The number of alkyl halides is 3. The lowest BCUT2D eigenvalue weighted by molar-refractivity contribution is -0.165. The summed E-state index contributed by atoms with van der Waals surface area (Å²) in [6, 6.07) is 1.70. The Morgan fingerprint density at radius 1 is 1.57 bits per heavy atom. The fraction of sp³-hybridized carbons (Fsp3) is 0.385. The number of thioether (sulfide) groups is 1. The van der Waals surface area contributed by atoms with Crippen LogP contribution in [0.1, 0.15) is 11.1 Å². The second-order valence-electron chi connectivity index (χ2n) is 4.55. The van der Waals surface area contributed by atoms with Crippen LogP contribution in [0.5, 0.6) is 0 Å². The standard InChI is InChI=1S/C13H12ClF3N2OS/c1-8-4-11(14)18-6-9(8)7-19-2-3-21-12(19)5-10(20)13(15,16)17/h4-6H,2-3,7H2,1H3/b12-5-. The summed E-state index contributed by atoms with van der Waals surface area (Å²) in [5, 5.41) is 0.710. The molecule has 0 bridgehead atoms. The summed E-state index contributed by atoms with van der Waals surface area (Å²) in [5.41, 5.74) is 1.78. The molecule has 0 saturated carbocycles. The molecule has 0 spiro atoms. The van der Waals surface area contributed by atoms with Crippen molar-refractivity contribution in [2.45, 2.75) is 19.6 Å². The Balaban J connectivity index is 2.16. The van der Waals surface area contributed by atoms with E-state index in [1.807, 2.05) is 6.92 Å². The zero-order chi connectivity index (χ0) is 15.6. The van der Waals surface area contributed by atoms with Crippen molar-refractivity contribution < 1.29 is 18.0 Å². The van der Waals surface area contributed by atoms with Crippen molar-refractivity contribution in [1.29, 1.82) is 0 Å². The van der Waals surface area contributed by atoms with Gasteiger partial charge in [-0.2, -0.15) is 13.2 Å². The SMILES string of the molecule is Cc1cc(Cl)ncc1CN1CCS/C1=C\C(=O)C(F)(F)F. The third-order valence-electron chi connectivity index (χ3n) is 3.00. The zero-order valence-electron chi connectivity index (χ0n) is 11.1. The molecule has 1 aliphatic rings. The van der Waals surface area contributed by atoms with Crippen LogP contribution in [0.3, 0.4) is 0 Å². The third-order valence-corrected chi connectivity index (χ3v) is 4.27. The Labute approximate surface area is 129 Å². The van der Waals surface area contributed by atoms with Gasteiger partial charge in [0.15, 0.2) is 0 Å². The van der Waals surface area contributed by atoms with E-state index >= 15 is 0 Å². The molecule has 1 aliphatic heterocycles. The Bertz CT molecular complexity index is 589. The normalized spacial score (nSPS) is 17.6. The van der Waals surface area contributed by atoms with Crippen molar-refractivity contribution in [3.05, 3.63) is 39.6 Å². The number of rotatable bonds is 3. The predicted molar refractivity (Wildman–Crippen MR) is 76.0 cm³/mol. The molecule has 1 aromatic rings. The third kappa shape index (κ3) is 4.14. The Hall–Kier alpha value is -1.21. The number of allylic oxidation sites excluding steroid dienone is 1. The van der Waals surface area contributed by atoms with Gasteiger partial charge in [0, 0.05) is 31.1 Å². The molecule has 3 nitrogen and oxygen atoms in total. The van der Waals surface area contributed by atoms with E-state index in [-0.39, 0.29) is 0 Å². The molecule has 0 atom stereocenters. The van der Waals surface area contributed by atoms with Crippen LogP contribution >= 0.6 is 23.4 Å². The molecule has 0 aliphatic carbocycles. The van der Waals surface area contributed by atoms with E-state index in [4.69, 9.17) is 11.6 Å². The molecule has 1 aromatic heterocycles. The number of hydrogen-bond donors (Lipinski definition) is 0. The summed E-state index contributed by atoms with van der Waals surface area (Å²) in [4.78, 5) is 16.8. The molecule has 1 fully saturated rings. The Kier molecular flexibility index (Phi) is 4.83. The van der Waals surface area contributed by atoms with Gasteiger partial charge < -0.3 is 4.90 Å². The summed E-state index contributed by atoms with van der Waals surface area (Å²) in [7, 11) is 0. The molecule has 0 N–H and O–H groups in total. The number of nitrogens with zero attached hydrogens (tertiary/aromatic N) is 2. The lowest BCUT2D eigenvalue weighted by Gasteiger charge is -2.20. The van der Waals surface area contributed by atoms with Gasteiger partial charge in [-0.25, -0.2) is 4.98 Å². The predicted octanol–water partition coefficient (Wildman–Crippen LogP) is 3.57. The number of pyridine rings is 1. The average molecular weight is 337 g/mol. The van der Waals surface area contributed by atoms with Gasteiger partial charge in [0.25, 0.3) is 5.78 Å². The molecular formula is C13H12ClF3N2OS. The van der Waals surface area contributed by atoms with E-state index in [0.29, 0.717) is 35.1 Å². The Morgan fingerprint density at radius 3 is 2.90 bits per heavy atom. The van der Waals surface area contributed by atoms with E-state index < -0.39 is 12.0 Å². The minimum atomic E-state index is -4.83. The van der Waals surface area contributed by atoms with Crippen LogP contribution in [0.2, 0.25) is 5.15 Å². The van der Waals surface area contributed by atoms with Crippen molar-refractivity contribution in [1.82, 2.24) is 9.88 Å². The lowest BCUT2D eigenvalue weighted by Crippen LogP contribution is -2.23. The van der Waals surface area contributed by atoms with E-state index in [1.54, 1.807) is 17.2 Å². The summed E-state index contributed by atoms with van der Waals surface area (Å²) in [6.45, 7) is 2.85. The molecule has 1 saturated heterocycles. The average Bonchev–Trinajstić information content (AvgIpc) is 2.79. The number of carbonyl (C=O) groups is 1. The number of halogens is 4. The minimum Gasteiger partial charge on any atom is -0.361 e. The smallest absolute Gasteiger partial charge is 0.361 e. The van der Waals surface area contributed by atoms with Gasteiger partial charge in [-0.3, -0.25) is 4.79 Å². The number of aryl methyl sites for hydroxylation is 1. The first kappa shape index (κ1) is 16.2. The summed E-state index contributed by atoms with van der Waals surface area (Å²) in [5.74, 6) is -1.18. The maximum Gasteiger partial charge on any atom is 0.454 e. The van der Waals surface area contributed by atoms with E-state index in [2.05, 4.69) is 4.98 Å². The molecular weight excluding hydrogens is 325 g/mol. The van der Waals surface area contributed by atoms with Crippen LogP contribution in [0.15, 0.2) is 23.4 Å². The molecule has 114 valence electrons. The van der Waals surface area contributed by atoms with Gasteiger partial charge in [0.2, 0.25) is 0 Å². The molecule has 8 heteroatoms. The zero-order valence-corrected chi connectivity index (χ0v) is 12.6. The van der Waals surface area contributed by atoms with Crippen molar-refractivity contribution >= 4 is 29.1 Å². The van der Waals surface area contributed by atoms with Crippen LogP contribution in [-0.2, 0) is 11.3 Å². The van der Waals surface area contributed by atoms with Gasteiger partial charge in [-0.15, -0.1) is 11.8 Å². The minimum absolute atomic E-state index is 0.340. The van der Waals surface area contributed by atoms with E-state index in [0.717, 1.165) is 11.1 Å². The van der Waals surface area contributed by atoms with Crippen molar-refractivity contribution in [2.75, 3.05) is 12.3 Å². The van der Waals surface area contributed by atoms with Crippen LogP contribution in [0.25, 0.3) is 0 Å². The monoisotopic (exact) mass is 336 g/mol. The van der Waals surface area contributed by atoms with Gasteiger partial charge in [-0.05, 0) is 24.1 Å². The summed E-state index contributed by atoms with van der Waals surface area (Å²) in [6.07, 6.45) is -2.57. The molecule has 0 radical (unpaired) electrons.